The van der Waals surface area contributed by atoms with E-state index < -0.39 is 0 Å². The highest BCUT2D eigenvalue weighted by Gasteiger charge is 2.12. The summed E-state index contributed by atoms with van der Waals surface area (Å²) in [5.41, 5.74) is 0. The smallest absolute Gasteiger partial charge is 0.216 e. The van der Waals surface area contributed by atoms with Crippen LogP contribution in [0.25, 0.3) is 0 Å². The van der Waals surface area contributed by atoms with Crippen molar-refractivity contribution in [2.24, 2.45) is 5.92 Å². The minimum absolute atomic E-state index is 0.198. The summed E-state index contributed by atoms with van der Waals surface area (Å²) >= 11 is 0. The van der Waals surface area contributed by atoms with Crippen molar-refractivity contribution in [2.75, 3.05) is 13.7 Å². The molecule has 1 atom stereocenters. The highest BCUT2D eigenvalue weighted by molar-refractivity contribution is 5.68. The first-order valence-corrected chi connectivity index (χ1v) is 4.39. The molecular weight excluding hydrogens is 182 g/mol. The second-order valence-corrected chi connectivity index (χ2v) is 3.07. The number of rotatable bonds is 5. The quantitative estimate of drug-likeness (QED) is 0.607. The van der Waals surface area contributed by atoms with E-state index in [1.165, 1.54) is 0 Å². The van der Waals surface area contributed by atoms with Crippen LogP contribution in [0.1, 0.15) is 6.42 Å². The Balaban J connectivity index is 2.44. The van der Waals surface area contributed by atoms with Crippen molar-refractivity contribution >= 4 is 12.8 Å². The summed E-state index contributed by atoms with van der Waals surface area (Å²) in [6, 6.07) is 0. The van der Waals surface area contributed by atoms with E-state index in [4.69, 9.17) is 4.74 Å². The van der Waals surface area contributed by atoms with Crippen molar-refractivity contribution in [3.63, 3.8) is 0 Å². The van der Waals surface area contributed by atoms with Gasteiger partial charge in [0.05, 0.1) is 7.11 Å². The normalized spacial score (nSPS) is 19.8. The monoisotopic (exact) mass is 195 g/mol. The molecule has 0 N–H and O–H groups in total. The number of carbonyl (C=O) groups is 2. The Kier molecular flexibility index (Phi) is 3.91. The number of hydrogen-bond donors (Lipinski definition) is 0. The van der Waals surface area contributed by atoms with Gasteiger partial charge in [-0.15, -0.1) is 0 Å². The molecule has 4 heteroatoms. The molecule has 1 aliphatic carbocycles. The average molecular weight is 195 g/mol. The van der Waals surface area contributed by atoms with Crippen LogP contribution in [-0.2, 0) is 14.3 Å². The molecule has 76 valence electrons. The molecule has 0 heterocycles. The van der Waals surface area contributed by atoms with Gasteiger partial charge >= 0.3 is 0 Å². The van der Waals surface area contributed by atoms with E-state index in [9.17, 15) is 9.59 Å². The van der Waals surface area contributed by atoms with E-state index in [0.29, 0.717) is 19.4 Å². The van der Waals surface area contributed by atoms with Crippen LogP contribution in [0.3, 0.4) is 0 Å². The van der Waals surface area contributed by atoms with Gasteiger partial charge in [-0.3, -0.25) is 14.5 Å². The zero-order chi connectivity index (χ0) is 10.4. The molecule has 4 nitrogen and oxygen atoms in total. The van der Waals surface area contributed by atoms with Crippen LogP contribution in [0.15, 0.2) is 24.0 Å². The molecule has 0 fully saturated rings. The van der Waals surface area contributed by atoms with Crippen LogP contribution in [0, 0.1) is 5.92 Å². The predicted octanol–water partition coefficient (Wildman–Crippen LogP) is 0.708. The number of methoxy groups -OCH3 is 1. The molecule has 1 unspecified atom stereocenters. The fourth-order valence-corrected chi connectivity index (χ4v) is 1.31. The van der Waals surface area contributed by atoms with Gasteiger partial charge in [0.1, 0.15) is 5.76 Å². The fraction of sp³-hybridized carbons (Fsp3) is 0.400. The lowest BCUT2D eigenvalue weighted by molar-refractivity contribution is -0.129. The zero-order valence-corrected chi connectivity index (χ0v) is 8.05. The van der Waals surface area contributed by atoms with Crippen LogP contribution in [-0.4, -0.2) is 31.4 Å². The number of allylic oxidation sites excluding steroid dienone is 2. The molecule has 0 spiro atoms. The summed E-state index contributed by atoms with van der Waals surface area (Å²) in [5, 5.41) is 0. The summed E-state index contributed by atoms with van der Waals surface area (Å²) in [7, 11) is 1.61. The molecule has 1 rings (SSSR count). The Labute approximate surface area is 82.8 Å². The molecular formula is C10H13NO3. The first kappa shape index (κ1) is 10.5. The number of amides is 2. The largest absolute Gasteiger partial charge is 0.497 e. The van der Waals surface area contributed by atoms with Gasteiger partial charge in [-0.25, -0.2) is 0 Å². The number of carbonyl (C=O) groups excluding carboxylic acids is 2. The lowest BCUT2D eigenvalue weighted by Gasteiger charge is -2.18. The molecule has 0 aromatic heterocycles. The number of ether oxygens (including phenoxy) is 1. The third kappa shape index (κ3) is 2.73. The minimum atomic E-state index is 0.198. The summed E-state index contributed by atoms with van der Waals surface area (Å²) in [5.74, 6) is 1.02. The number of nitrogens with zero attached hydrogens (tertiary/aromatic N) is 1. The molecule has 0 bridgehead atoms. The SMILES string of the molecule is COC1=CCC(CN(C=O)C=O)C=C1. The maximum Gasteiger partial charge on any atom is 0.216 e. The van der Waals surface area contributed by atoms with Crippen molar-refractivity contribution in [1.29, 1.82) is 0 Å². The third-order valence-corrected chi connectivity index (χ3v) is 2.11. The van der Waals surface area contributed by atoms with Crippen LogP contribution in [0.4, 0.5) is 0 Å². The maximum atomic E-state index is 10.4. The highest BCUT2D eigenvalue weighted by atomic mass is 16.5. The van der Waals surface area contributed by atoms with Crippen molar-refractivity contribution in [3.05, 3.63) is 24.0 Å². The molecule has 0 radical (unpaired) electrons. The zero-order valence-electron chi connectivity index (χ0n) is 8.05. The van der Waals surface area contributed by atoms with Crippen LogP contribution in [0.2, 0.25) is 0 Å². The molecule has 0 saturated heterocycles. The molecule has 0 aromatic rings. The lowest BCUT2D eigenvalue weighted by atomic mass is 10.00. The molecule has 0 saturated carbocycles. The standard InChI is InChI=1S/C10H13NO3/c1-14-10-4-2-9(3-5-10)6-11(7-12)8-13/h2,4-5,7-9H,3,6H2,1H3. The first-order chi connectivity index (χ1) is 6.80. The predicted molar refractivity (Wildman–Crippen MR) is 51.2 cm³/mol. The summed E-state index contributed by atoms with van der Waals surface area (Å²) < 4.78 is 5.02. The van der Waals surface area contributed by atoms with Gasteiger partial charge in [0, 0.05) is 6.54 Å². The second kappa shape index (κ2) is 5.21. The van der Waals surface area contributed by atoms with E-state index in [-0.39, 0.29) is 5.92 Å². The Morgan fingerprint density at radius 2 is 2.29 bits per heavy atom. The van der Waals surface area contributed by atoms with Gasteiger partial charge in [0.25, 0.3) is 0 Å². The van der Waals surface area contributed by atoms with Gasteiger partial charge < -0.3 is 4.74 Å². The topological polar surface area (TPSA) is 46.6 Å². The highest BCUT2D eigenvalue weighted by Crippen LogP contribution is 2.16. The van der Waals surface area contributed by atoms with E-state index in [1.54, 1.807) is 7.11 Å². The fourth-order valence-electron chi connectivity index (χ4n) is 1.31. The Bertz CT molecular complexity index is 263. The third-order valence-electron chi connectivity index (χ3n) is 2.11. The van der Waals surface area contributed by atoms with Gasteiger partial charge in [-0.1, -0.05) is 6.08 Å². The van der Waals surface area contributed by atoms with E-state index >= 15 is 0 Å². The first-order valence-electron chi connectivity index (χ1n) is 4.39. The average Bonchev–Trinajstić information content (AvgIpc) is 2.26. The van der Waals surface area contributed by atoms with Crippen molar-refractivity contribution in [3.8, 4) is 0 Å². The van der Waals surface area contributed by atoms with E-state index in [1.807, 2.05) is 18.2 Å². The Morgan fingerprint density at radius 1 is 1.57 bits per heavy atom. The molecule has 1 aliphatic rings. The number of imide groups is 1. The maximum absolute atomic E-state index is 10.4. The summed E-state index contributed by atoms with van der Waals surface area (Å²) in [6.45, 7) is 0.428. The van der Waals surface area contributed by atoms with Crippen molar-refractivity contribution < 1.29 is 14.3 Å². The van der Waals surface area contributed by atoms with Gasteiger partial charge in [-0.2, -0.15) is 0 Å². The van der Waals surface area contributed by atoms with E-state index in [2.05, 4.69) is 0 Å². The van der Waals surface area contributed by atoms with E-state index in [0.717, 1.165) is 17.1 Å². The minimum Gasteiger partial charge on any atom is -0.497 e. The summed E-state index contributed by atoms with van der Waals surface area (Å²) in [6.07, 6.45) is 7.60. The van der Waals surface area contributed by atoms with Crippen LogP contribution in [0.5, 0.6) is 0 Å². The van der Waals surface area contributed by atoms with Gasteiger partial charge in [-0.05, 0) is 24.5 Å². The molecule has 14 heavy (non-hydrogen) atoms. The van der Waals surface area contributed by atoms with Crippen molar-refractivity contribution in [1.82, 2.24) is 4.90 Å². The van der Waals surface area contributed by atoms with Crippen molar-refractivity contribution in [2.45, 2.75) is 6.42 Å². The Morgan fingerprint density at radius 3 is 2.71 bits per heavy atom. The summed E-state index contributed by atoms with van der Waals surface area (Å²) in [4.78, 5) is 21.8. The van der Waals surface area contributed by atoms with Crippen LogP contribution < -0.4 is 0 Å². The number of hydrogen-bond acceptors (Lipinski definition) is 3. The van der Waals surface area contributed by atoms with Gasteiger partial charge in [0.2, 0.25) is 12.8 Å². The van der Waals surface area contributed by atoms with Crippen LogP contribution >= 0.6 is 0 Å². The molecule has 0 aromatic carbocycles. The second-order valence-electron chi connectivity index (χ2n) is 3.07. The van der Waals surface area contributed by atoms with Gasteiger partial charge in [0.15, 0.2) is 0 Å². The molecule has 0 aliphatic heterocycles. The molecule has 2 amide bonds. The Hall–Kier alpha value is -1.58. The lowest BCUT2D eigenvalue weighted by Crippen LogP contribution is -2.26.